The quantitative estimate of drug-likeness (QED) is 0.729. The molecule has 4 rings (SSSR count). The zero-order valence-electron chi connectivity index (χ0n) is 10.1. The molecule has 0 saturated carbocycles. The summed E-state index contributed by atoms with van der Waals surface area (Å²) in [6.07, 6.45) is 1.91. The van der Waals surface area contributed by atoms with Crippen molar-refractivity contribution in [3.05, 3.63) is 59.2 Å². The predicted molar refractivity (Wildman–Crippen MR) is 71.2 cm³/mol. The van der Waals surface area contributed by atoms with E-state index in [0.29, 0.717) is 17.1 Å². The molecular formula is C16H10O3. The summed E-state index contributed by atoms with van der Waals surface area (Å²) in [5, 5.41) is 0. The number of ketones is 1. The molecule has 92 valence electrons. The molecule has 19 heavy (non-hydrogen) atoms. The van der Waals surface area contributed by atoms with Crippen LogP contribution >= 0.6 is 0 Å². The van der Waals surface area contributed by atoms with Crippen LogP contribution in [-0.4, -0.2) is 12.6 Å². The summed E-state index contributed by atoms with van der Waals surface area (Å²) in [4.78, 5) is 12.1. The van der Waals surface area contributed by atoms with Crippen molar-refractivity contribution >= 4 is 17.4 Å². The number of Topliss-reactive ketones (excluding diaryl/α,β-unsaturated/α-hetero) is 1. The van der Waals surface area contributed by atoms with Gasteiger partial charge in [-0.1, -0.05) is 30.3 Å². The van der Waals surface area contributed by atoms with Crippen LogP contribution in [0.2, 0.25) is 0 Å². The summed E-state index contributed by atoms with van der Waals surface area (Å²) in [6.45, 7) is 0.226. The Bertz CT molecular complexity index is 714. The van der Waals surface area contributed by atoms with Gasteiger partial charge in [0.1, 0.15) is 0 Å². The highest BCUT2D eigenvalue weighted by atomic mass is 16.7. The van der Waals surface area contributed by atoms with Gasteiger partial charge in [0.05, 0.1) is 0 Å². The van der Waals surface area contributed by atoms with E-state index in [9.17, 15) is 4.79 Å². The van der Waals surface area contributed by atoms with Gasteiger partial charge in [-0.05, 0) is 23.8 Å². The van der Waals surface area contributed by atoms with Gasteiger partial charge >= 0.3 is 0 Å². The molecule has 0 N–H and O–H groups in total. The first-order chi connectivity index (χ1) is 9.33. The van der Waals surface area contributed by atoms with E-state index in [-0.39, 0.29) is 12.6 Å². The van der Waals surface area contributed by atoms with Crippen molar-refractivity contribution in [2.24, 2.45) is 0 Å². The van der Waals surface area contributed by atoms with E-state index in [1.807, 2.05) is 42.5 Å². The second kappa shape index (κ2) is 3.72. The van der Waals surface area contributed by atoms with Gasteiger partial charge < -0.3 is 9.47 Å². The third-order valence-electron chi connectivity index (χ3n) is 3.40. The molecule has 1 aliphatic carbocycles. The highest BCUT2D eigenvalue weighted by Crippen LogP contribution is 2.44. The Kier molecular flexibility index (Phi) is 2.03. The van der Waals surface area contributed by atoms with E-state index in [1.165, 1.54) is 0 Å². The zero-order chi connectivity index (χ0) is 12.8. The number of benzene rings is 2. The SMILES string of the molecule is O=C1/C(=C/c2ccccc2)c2cc3c(cc21)OCO3. The van der Waals surface area contributed by atoms with Crippen molar-refractivity contribution in [2.45, 2.75) is 0 Å². The second-order valence-electron chi connectivity index (χ2n) is 4.55. The van der Waals surface area contributed by atoms with Crippen molar-refractivity contribution in [3.8, 4) is 11.5 Å². The highest BCUT2D eigenvalue weighted by Gasteiger charge is 2.33. The molecule has 2 aliphatic rings. The van der Waals surface area contributed by atoms with E-state index in [4.69, 9.17) is 9.47 Å². The molecule has 2 aromatic carbocycles. The highest BCUT2D eigenvalue weighted by molar-refractivity contribution is 6.42. The third-order valence-corrected chi connectivity index (χ3v) is 3.40. The smallest absolute Gasteiger partial charge is 0.231 e. The normalized spacial score (nSPS) is 17.3. The molecule has 0 amide bonds. The number of carbonyl (C=O) groups excluding carboxylic acids is 1. The maximum Gasteiger partial charge on any atom is 0.231 e. The molecule has 0 aromatic heterocycles. The van der Waals surface area contributed by atoms with Gasteiger partial charge in [0.25, 0.3) is 0 Å². The first-order valence-corrected chi connectivity index (χ1v) is 6.08. The first-order valence-electron chi connectivity index (χ1n) is 6.08. The second-order valence-corrected chi connectivity index (χ2v) is 4.55. The minimum Gasteiger partial charge on any atom is -0.454 e. The Labute approximate surface area is 110 Å². The van der Waals surface area contributed by atoms with Crippen LogP contribution in [0.3, 0.4) is 0 Å². The van der Waals surface area contributed by atoms with Crippen LogP contribution in [0.15, 0.2) is 42.5 Å². The minimum absolute atomic E-state index is 0.0668. The fourth-order valence-electron chi connectivity index (χ4n) is 2.42. The van der Waals surface area contributed by atoms with Gasteiger partial charge in [0, 0.05) is 16.7 Å². The third kappa shape index (κ3) is 1.48. The van der Waals surface area contributed by atoms with E-state index >= 15 is 0 Å². The van der Waals surface area contributed by atoms with Crippen molar-refractivity contribution < 1.29 is 14.3 Å². The Morgan fingerprint density at radius 3 is 2.37 bits per heavy atom. The topological polar surface area (TPSA) is 35.5 Å². The lowest BCUT2D eigenvalue weighted by Crippen LogP contribution is -2.17. The fourth-order valence-corrected chi connectivity index (χ4v) is 2.42. The molecule has 0 fully saturated rings. The maximum absolute atomic E-state index is 12.1. The Balaban J connectivity index is 1.81. The zero-order valence-corrected chi connectivity index (χ0v) is 10.1. The lowest BCUT2D eigenvalue weighted by molar-refractivity contribution is 0.104. The summed E-state index contributed by atoms with van der Waals surface area (Å²) >= 11 is 0. The van der Waals surface area contributed by atoms with Crippen LogP contribution in [0.4, 0.5) is 0 Å². The van der Waals surface area contributed by atoms with Gasteiger partial charge in [-0.3, -0.25) is 4.79 Å². The Morgan fingerprint density at radius 2 is 1.63 bits per heavy atom. The van der Waals surface area contributed by atoms with Crippen LogP contribution in [0.1, 0.15) is 21.5 Å². The number of allylic oxidation sites excluding steroid dienone is 1. The average Bonchev–Trinajstić information content (AvgIpc) is 2.92. The van der Waals surface area contributed by atoms with Gasteiger partial charge in [0.15, 0.2) is 17.3 Å². The van der Waals surface area contributed by atoms with E-state index in [2.05, 4.69) is 0 Å². The molecule has 0 bridgehead atoms. The summed E-state index contributed by atoms with van der Waals surface area (Å²) < 4.78 is 10.6. The summed E-state index contributed by atoms with van der Waals surface area (Å²) in [5.74, 6) is 1.44. The lowest BCUT2D eigenvalue weighted by Gasteiger charge is -2.21. The Hall–Kier alpha value is -2.55. The molecule has 0 atom stereocenters. The molecule has 1 aliphatic heterocycles. The van der Waals surface area contributed by atoms with Crippen LogP contribution in [0, 0.1) is 0 Å². The summed E-state index contributed by atoms with van der Waals surface area (Å²) in [6, 6.07) is 13.5. The predicted octanol–water partition coefficient (Wildman–Crippen LogP) is 3.15. The van der Waals surface area contributed by atoms with Gasteiger partial charge in [0.2, 0.25) is 6.79 Å². The molecule has 0 unspecified atom stereocenters. The molecule has 2 aromatic rings. The van der Waals surface area contributed by atoms with Crippen molar-refractivity contribution in [1.82, 2.24) is 0 Å². The molecule has 1 heterocycles. The molecule has 3 heteroatoms. The van der Waals surface area contributed by atoms with Crippen molar-refractivity contribution in [3.63, 3.8) is 0 Å². The maximum atomic E-state index is 12.1. The van der Waals surface area contributed by atoms with Crippen LogP contribution in [0.25, 0.3) is 11.6 Å². The minimum atomic E-state index is 0.0668. The molecule has 0 saturated heterocycles. The molecule has 0 spiro atoms. The van der Waals surface area contributed by atoms with Crippen LogP contribution < -0.4 is 9.47 Å². The number of fused-ring (bicyclic) bond motifs is 2. The average molecular weight is 250 g/mol. The van der Waals surface area contributed by atoms with Crippen molar-refractivity contribution in [1.29, 1.82) is 0 Å². The van der Waals surface area contributed by atoms with Gasteiger partial charge in [-0.25, -0.2) is 0 Å². The largest absolute Gasteiger partial charge is 0.454 e. The van der Waals surface area contributed by atoms with Gasteiger partial charge in [-0.15, -0.1) is 0 Å². The number of ether oxygens (including phenoxy) is 2. The number of hydrogen-bond donors (Lipinski definition) is 0. The molecule has 0 radical (unpaired) electrons. The molecular weight excluding hydrogens is 240 g/mol. The van der Waals surface area contributed by atoms with E-state index in [0.717, 1.165) is 16.7 Å². The van der Waals surface area contributed by atoms with Gasteiger partial charge in [-0.2, -0.15) is 0 Å². The number of carbonyl (C=O) groups is 1. The van der Waals surface area contributed by atoms with E-state index < -0.39 is 0 Å². The van der Waals surface area contributed by atoms with Crippen LogP contribution in [-0.2, 0) is 0 Å². The van der Waals surface area contributed by atoms with Crippen molar-refractivity contribution in [2.75, 3.05) is 6.79 Å². The summed E-state index contributed by atoms with van der Waals surface area (Å²) in [7, 11) is 0. The number of rotatable bonds is 1. The monoisotopic (exact) mass is 250 g/mol. The summed E-state index contributed by atoms with van der Waals surface area (Å²) in [5.41, 5.74) is 3.42. The Morgan fingerprint density at radius 1 is 0.947 bits per heavy atom. The van der Waals surface area contributed by atoms with Crippen LogP contribution in [0.5, 0.6) is 11.5 Å². The number of hydrogen-bond acceptors (Lipinski definition) is 3. The van der Waals surface area contributed by atoms with E-state index in [1.54, 1.807) is 6.07 Å². The lowest BCUT2D eigenvalue weighted by atomic mass is 9.80. The fraction of sp³-hybridized carbons (Fsp3) is 0.0625. The standard InChI is InChI=1S/C16H10O3/c17-16-12(6-10-4-2-1-3-5-10)11-7-14-15(8-13(11)16)19-9-18-14/h1-8H,9H2/b12-6+. The first kappa shape index (κ1) is 10.4. The molecule has 3 nitrogen and oxygen atoms in total.